The average molecular weight is 462 g/mol. The number of hydrogen-bond donors (Lipinski definition) is 1. The number of carbonyl (C=O) groups is 2. The number of carbonyl (C=O) groups excluding carboxylic acids is 2. The maximum atomic E-state index is 13.7. The third kappa shape index (κ3) is 3.47. The lowest BCUT2D eigenvalue weighted by Gasteiger charge is -2.39. The summed E-state index contributed by atoms with van der Waals surface area (Å²) in [5, 5.41) is 3.78. The van der Waals surface area contributed by atoms with Gasteiger partial charge in [0.2, 0.25) is 5.91 Å². The fourth-order valence-electron chi connectivity index (χ4n) is 4.75. The minimum atomic E-state index is -0.682. The molecule has 33 heavy (non-hydrogen) atoms. The van der Waals surface area contributed by atoms with Gasteiger partial charge in [0.15, 0.2) is 0 Å². The fraction of sp³-hybridized carbons (Fsp3) is 0.154. The Labute approximate surface area is 195 Å². The Morgan fingerprint density at radius 2 is 1.73 bits per heavy atom. The zero-order valence-corrected chi connectivity index (χ0v) is 18.8. The summed E-state index contributed by atoms with van der Waals surface area (Å²) >= 11 is 5.92. The molecule has 0 unspecified atom stereocenters. The highest BCUT2D eigenvalue weighted by molar-refractivity contribution is 6.31. The number of amides is 2. The van der Waals surface area contributed by atoms with Crippen molar-refractivity contribution in [2.24, 2.45) is 7.05 Å². The van der Waals surface area contributed by atoms with Crippen molar-refractivity contribution in [2.45, 2.75) is 12.0 Å². The van der Waals surface area contributed by atoms with Gasteiger partial charge in [-0.1, -0.05) is 48.0 Å². The summed E-state index contributed by atoms with van der Waals surface area (Å²) in [7, 11) is 3.67. The standard InChI is InChI=1S/C26H21ClFN3O2/c1-30-14-19(16-7-5-6-10-22(16)30)24-23(17-8-3-4-9-18(17)26(33)31(24)2)25(32)29-15-11-12-21(28)20(27)13-15/h3-14,23-24H,1-2H3,(H,29,32)/t23-,24+/m1/s1. The first-order valence-corrected chi connectivity index (χ1v) is 10.9. The Morgan fingerprint density at radius 1 is 1.00 bits per heavy atom. The van der Waals surface area contributed by atoms with Crippen molar-refractivity contribution in [3.05, 3.63) is 100 Å². The van der Waals surface area contributed by atoms with Crippen molar-refractivity contribution in [2.75, 3.05) is 12.4 Å². The van der Waals surface area contributed by atoms with Crippen LogP contribution in [0.5, 0.6) is 0 Å². The predicted octanol–water partition coefficient (Wildman–Crippen LogP) is 5.52. The molecule has 5 nitrogen and oxygen atoms in total. The highest BCUT2D eigenvalue weighted by Crippen LogP contribution is 2.44. The molecule has 1 N–H and O–H groups in total. The Morgan fingerprint density at radius 3 is 2.52 bits per heavy atom. The van der Waals surface area contributed by atoms with Crippen LogP contribution in [-0.4, -0.2) is 28.3 Å². The lowest BCUT2D eigenvalue weighted by molar-refractivity contribution is -0.119. The quantitative estimate of drug-likeness (QED) is 0.436. The third-order valence-electron chi connectivity index (χ3n) is 6.30. The molecule has 0 radical (unpaired) electrons. The summed E-state index contributed by atoms with van der Waals surface area (Å²) < 4.78 is 15.6. The topological polar surface area (TPSA) is 54.3 Å². The molecule has 3 aromatic carbocycles. The monoisotopic (exact) mass is 461 g/mol. The molecule has 2 heterocycles. The first-order valence-electron chi connectivity index (χ1n) is 10.5. The molecule has 166 valence electrons. The molecule has 1 aliphatic heterocycles. The van der Waals surface area contributed by atoms with E-state index in [9.17, 15) is 14.0 Å². The van der Waals surface area contributed by atoms with Crippen LogP contribution in [0.2, 0.25) is 5.02 Å². The van der Waals surface area contributed by atoms with Crippen molar-refractivity contribution in [1.29, 1.82) is 0 Å². The van der Waals surface area contributed by atoms with Crippen LogP contribution in [0.15, 0.2) is 72.9 Å². The molecule has 0 saturated carbocycles. The minimum Gasteiger partial charge on any atom is -0.350 e. The number of halogens is 2. The van der Waals surface area contributed by atoms with Crippen molar-refractivity contribution < 1.29 is 14.0 Å². The van der Waals surface area contributed by atoms with Gasteiger partial charge in [-0.15, -0.1) is 0 Å². The minimum absolute atomic E-state index is 0.0743. The van der Waals surface area contributed by atoms with Crippen LogP contribution < -0.4 is 5.32 Å². The van der Waals surface area contributed by atoms with E-state index in [0.29, 0.717) is 16.8 Å². The Balaban J connectivity index is 1.66. The van der Waals surface area contributed by atoms with E-state index in [2.05, 4.69) is 5.32 Å². The smallest absolute Gasteiger partial charge is 0.254 e. The second-order valence-corrected chi connectivity index (χ2v) is 8.66. The zero-order valence-electron chi connectivity index (χ0n) is 18.0. The molecule has 0 aliphatic carbocycles. The van der Waals surface area contributed by atoms with Gasteiger partial charge in [0, 0.05) is 48.0 Å². The number of nitrogens with zero attached hydrogens (tertiary/aromatic N) is 2. The molecule has 0 spiro atoms. The predicted molar refractivity (Wildman–Crippen MR) is 127 cm³/mol. The van der Waals surface area contributed by atoms with Crippen LogP contribution in [0, 0.1) is 5.82 Å². The van der Waals surface area contributed by atoms with E-state index in [1.807, 2.05) is 54.2 Å². The first kappa shape index (κ1) is 21.2. The number of aromatic nitrogens is 1. The van der Waals surface area contributed by atoms with Gasteiger partial charge >= 0.3 is 0 Å². The first-order chi connectivity index (χ1) is 15.9. The Kier molecular flexibility index (Phi) is 5.17. The van der Waals surface area contributed by atoms with Crippen LogP contribution in [-0.2, 0) is 11.8 Å². The molecule has 0 fully saturated rings. The second-order valence-electron chi connectivity index (χ2n) is 8.26. The van der Waals surface area contributed by atoms with Gasteiger partial charge in [-0.25, -0.2) is 4.39 Å². The number of aryl methyl sites for hydroxylation is 1. The Bertz CT molecular complexity index is 1410. The molecular formula is C26H21ClFN3O2. The summed E-state index contributed by atoms with van der Waals surface area (Å²) in [5.74, 6) is -1.69. The van der Waals surface area contributed by atoms with Gasteiger partial charge in [0.1, 0.15) is 5.82 Å². The number of nitrogens with one attached hydrogen (secondary N) is 1. The largest absolute Gasteiger partial charge is 0.350 e. The third-order valence-corrected chi connectivity index (χ3v) is 6.59. The van der Waals surface area contributed by atoms with E-state index in [0.717, 1.165) is 16.5 Å². The molecule has 1 aromatic heterocycles. The zero-order chi connectivity index (χ0) is 23.3. The van der Waals surface area contributed by atoms with Gasteiger partial charge in [-0.3, -0.25) is 9.59 Å². The number of fused-ring (bicyclic) bond motifs is 2. The molecule has 7 heteroatoms. The number of anilines is 1. The van der Waals surface area contributed by atoms with Gasteiger partial charge in [-0.05, 0) is 35.9 Å². The highest BCUT2D eigenvalue weighted by atomic mass is 35.5. The summed E-state index contributed by atoms with van der Waals surface area (Å²) in [6.07, 6.45) is 1.97. The van der Waals surface area contributed by atoms with E-state index < -0.39 is 17.8 Å². The normalized spacial score (nSPS) is 17.8. The Hall–Kier alpha value is -3.64. The number of rotatable bonds is 3. The van der Waals surface area contributed by atoms with Gasteiger partial charge in [-0.2, -0.15) is 0 Å². The van der Waals surface area contributed by atoms with Crippen molar-refractivity contribution in [3.63, 3.8) is 0 Å². The van der Waals surface area contributed by atoms with E-state index in [-0.39, 0.29) is 16.8 Å². The number of para-hydroxylation sites is 1. The molecule has 1 aliphatic rings. The van der Waals surface area contributed by atoms with Crippen LogP contribution in [0.1, 0.15) is 33.4 Å². The van der Waals surface area contributed by atoms with Gasteiger partial charge in [0.05, 0.1) is 17.0 Å². The van der Waals surface area contributed by atoms with Crippen molar-refractivity contribution >= 4 is 40.0 Å². The van der Waals surface area contributed by atoms with Gasteiger partial charge in [0.25, 0.3) is 5.91 Å². The molecule has 2 amide bonds. The highest BCUT2D eigenvalue weighted by Gasteiger charge is 2.43. The molecule has 4 aromatic rings. The summed E-state index contributed by atoms with van der Waals surface area (Å²) in [6, 6.07) is 18.6. The van der Waals surface area contributed by atoms with Crippen LogP contribution in [0.3, 0.4) is 0 Å². The molecule has 0 bridgehead atoms. The molecule has 0 saturated heterocycles. The number of benzene rings is 3. The van der Waals surface area contributed by atoms with E-state index in [1.54, 1.807) is 24.1 Å². The van der Waals surface area contributed by atoms with Crippen LogP contribution in [0.4, 0.5) is 10.1 Å². The van der Waals surface area contributed by atoms with Crippen molar-refractivity contribution in [1.82, 2.24) is 9.47 Å². The van der Waals surface area contributed by atoms with E-state index in [1.165, 1.54) is 18.2 Å². The van der Waals surface area contributed by atoms with E-state index >= 15 is 0 Å². The lowest BCUT2D eigenvalue weighted by Crippen LogP contribution is -2.44. The summed E-state index contributed by atoms with van der Waals surface area (Å²) in [6.45, 7) is 0. The fourth-order valence-corrected chi connectivity index (χ4v) is 4.93. The summed E-state index contributed by atoms with van der Waals surface area (Å²) in [5.41, 5.74) is 3.44. The maximum Gasteiger partial charge on any atom is 0.254 e. The maximum absolute atomic E-state index is 13.7. The van der Waals surface area contributed by atoms with Crippen LogP contribution >= 0.6 is 11.6 Å². The summed E-state index contributed by atoms with van der Waals surface area (Å²) in [4.78, 5) is 28.6. The average Bonchev–Trinajstić information content (AvgIpc) is 3.14. The van der Waals surface area contributed by atoms with Gasteiger partial charge < -0.3 is 14.8 Å². The SMILES string of the molecule is CN1C(=O)c2ccccc2[C@@H](C(=O)Nc2ccc(F)c(Cl)c2)[C@@H]1c1cn(C)c2ccccc12. The molecule has 2 atom stereocenters. The van der Waals surface area contributed by atoms with Crippen LogP contribution in [0.25, 0.3) is 10.9 Å². The molecule has 5 rings (SSSR count). The van der Waals surface area contributed by atoms with E-state index in [4.69, 9.17) is 11.6 Å². The number of hydrogen-bond acceptors (Lipinski definition) is 2. The number of likely N-dealkylation sites (N-methyl/N-ethyl adjacent to an activating group) is 1. The molecular weight excluding hydrogens is 441 g/mol. The second kappa shape index (κ2) is 8.05. The lowest BCUT2D eigenvalue weighted by atomic mass is 9.79. The van der Waals surface area contributed by atoms with Crippen molar-refractivity contribution in [3.8, 4) is 0 Å².